The Morgan fingerprint density at radius 2 is 2.06 bits per heavy atom. The van der Waals surface area contributed by atoms with Gasteiger partial charge >= 0.3 is 0 Å². The number of halogens is 2. The number of hydrogen-bond donors (Lipinski definition) is 0. The molecule has 0 saturated carbocycles. The average molecular weight is 354 g/mol. The van der Waals surface area contributed by atoms with E-state index < -0.39 is 0 Å². The van der Waals surface area contributed by atoms with E-state index in [1.54, 1.807) is 0 Å². The molecule has 0 heterocycles. The number of ketones is 1. The lowest BCUT2D eigenvalue weighted by Gasteiger charge is -1.99. The number of hydrogen-bond acceptors (Lipinski definition) is 1. The third-order valence-electron chi connectivity index (χ3n) is 2.60. The van der Waals surface area contributed by atoms with Crippen molar-refractivity contribution < 1.29 is 4.79 Å². The molecular weight excluding hydrogens is 344 g/mol. The number of carbonyl (C=O) groups excluding carboxylic acids is 1. The predicted molar refractivity (Wildman–Crippen MR) is 78.3 cm³/mol. The van der Waals surface area contributed by atoms with Crippen LogP contribution in [-0.4, -0.2) is 5.78 Å². The molecule has 0 radical (unpaired) electrons. The molecule has 1 aromatic rings. The molecule has 3 heteroatoms. The van der Waals surface area contributed by atoms with Crippen LogP contribution in [0.3, 0.4) is 0 Å². The molecule has 0 fully saturated rings. The van der Waals surface area contributed by atoms with E-state index in [0.29, 0.717) is 5.57 Å². The second-order valence-electron chi connectivity index (χ2n) is 3.83. The number of carbonyl (C=O) groups is 1. The Hall–Kier alpha value is -0.930. The molecule has 0 aliphatic heterocycles. The first-order valence-corrected chi connectivity index (χ1v) is 6.67. The Kier molecular flexibility index (Phi) is 3.50. The number of benzene rings is 1. The predicted octanol–water partition coefficient (Wildman–Crippen LogP) is 4.88. The van der Waals surface area contributed by atoms with Gasteiger partial charge in [0.25, 0.3) is 0 Å². The van der Waals surface area contributed by atoms with Crippen LogP contribution in [0.2, 0.25) is 0 Å². The van der Waals surface area contributed by atoms with E-state index in [0.717, 1.165) is 25.7 Å². The fourth-order valence-corrected chi connectivity index (χ4v) is 2.27. The van der Waals surface area contributed by atoms with Gasteiger partial charge in [0.05, 0.1) is 0 Å². The molecule has 1 aliphatic rings. The maximum absolute atomic E-state index is 12.0. The molecule has 2 rings (SSSR count). The largest absolute Gasteiger partial charge is 0.289 e. The van der Waals surface area contributed by atoms with Crippen molar-refractivity contribution in [1.82, 2.24) is 0 Å². The zero-order valence-corrected chi connectivity index (χ0v) is 12.4. The minimum atomic E-state index is 0.00757. The lowest BCUT2D eigenvalue weighted by molar-refractivity contribution is 0.104. The Morgan fingerprint density at radius 1 is 1.35 bits per heavy atom. The van der Waals surface area contributed by atoms with Gasteiger partial charge < -0.3 is 0 Å². The van der Waals surface area contributed by atoms with E-state index in [2.05, 4.69) is 38.4 Å². The highest BCUT2D eigenvalue weighted by Crippen LogP contribution is 2.37. The summed E-state index contributed by atoms with van der Waals surface area (Å²) in [5.74, 6) is 0.00757. The Balaban J connectivity index is 2.60. The summed E-state index contributed by atoms with van der Waals surface area (Å²) in [7, 11) is 0. The minimum absolute atomic E-state index is 0.00757. The third-order valence-corrected chi connectivity index (χ3v) is 3.35. The van der Waals surface area contributed by atoms with Gasteiger partial charge in [-0.15, -0.1) is 0 Å². The fraction of sp³-hybridized carbons (Fsp3) is 0.0714. The lowest BCUT2D eigenvalue weighted by Crippen LogP contribution is -1.92. The summed E-state index contributed by atoms with van der Waals surface area (Å²) in [6.45, 7) is 5.80. The molecular formula is C14H10Br2O. The molecule has 86 valence electrons. The molecule has 0 unspecified atom stereocenters. The van der Waals surface area contributed by atoms with Crippen molar-refractivity contribution in [3.05, 3.63) is 62.6 Å². The van der Waals surface area contributed by atoms with E-state index in [1.807, 2.05) is 37.3 Å². The van der Waals surface area contributed by atoms with Crippen LogP contribution in [0.25, 0.3) is 5.57 Å². The van der Waals surface area contributed by atoms with Gasteiger partial charge in [0.1, 0.15) is 0 Å². The normalized spacial score (nSPS) is 17.8. The summed E-state index contributed by atoms with van der Waals surface area (Å²) in [4.78, 5) is 12.0. The highest BCUT2D eigenvalue weighted by molar-refractivity contribution is 9.11. The van der Waals surface area contributed by atoms with Crippen LogP contribution >= 0.6 is 31.9 Å². The molecule has 0 aromatic heterocycles. The Labute approximate surface area is 117 Å². The van der Waals surface area contributed by atoms with Crippen molar-refractivity contribution in [1.29, 1.82) is 0 Å². The van der Waals surface area contributed by atoms with Crippen LogP contribution in [0.1, 0.15) is 22.8 Å². The van der Waals surface area contributed by atoms with E-state index in [4.69, 9.17) is 0 Å². The van der Waals surface area contributed by atoms with Gasteiger partial charge in [-0.1, -0.05) is 56.7 Å². The van der Waals surface area contributed by atoms with Crippen LogP contribution in [0, 0.1) is 0 Å². The monoisotopic (exact) mass is 352 g/mol. The van der Waals surface area contributed by atoms with Crippen LogP contribution in [0.5, 0.6) is 0 Å². The number of allylic oxidation sites excluding steroid dienone is 5. The Morgan fingerprint density at radius 3 is 2.71 bits per heavy atom. The molecule has 0 bridgehead atoms. The van der Waals surface area contributed by atoms with Gasteiger partial charge in [-0.2, -0.15) is 0 Å². The van der Waals surface area contributed by atoms with Crippen molar-refractivity contribution in [2.24, 2.45) is 0 Å². The first kappa shape index (κ1) is 12.5. The second-order valence-corrected chi connectivity index (χ2v) is 6.00. The number of Topliss-reactive ketones (excluding diaryl/α,β-unsaturated/α-hetero) is 1. The molecule has 0 N–H and O–H groups in total. The highest BCUT2D eigenvalue weighted by Gasteiger charge is 2.27. The van der Waals surface area contributed by atoms with Crippen molar-refractivity contribution in [2.75, 3.05) is 0 Å². The van der Waals surface area contributed by atoms with E-state index in [-0.39, 0.29) is 5.78 Å². The van der Waals surface area contributed by atoms with Crippen LogP contribution in [0.4, 0.5) is 0 Å². The fourth-order valence-electron chi connectivity index (χ4n) is 1.78. The lowest BCUT2D eigenvalue weighted by atomic mass is 10.1. The summed E-state index contributed by atoms with van der Waals surface area (Å²) in [6.07, 6.45) is 3.84. The molecule has 17 heavy (non-hydrogen) atoms. The quantitative estimate of drug-likeness (QED) is 0.657. The maximum Gasteiger partial charge on any atom is 0.193 e. The smallest absolute Gasteiger partial charge is 0.193 e. The number of fused-ring (bicyclic) bond motifs is 1. The zero-order chi connectivity index (χ0) is 12.6. The standard InChI is InChI=1S/C14H10Br2O/c1-8(15)3-5-11-9(2)14(17)13-7-10(16)4-6-12(11)13/h3-7H,2H2,1H3/b8-3+,11-5+. The SMILES string of the molecule is C=C1C(=O)c2cc(Br)ccc2/C1=C/C=C(\C)Br. The first-order valence-electron chi connectivity index (χ1n) is 5.08. The number of rotatable bonds is 1. The summed E-state index contributed by atoms with van der Waals surface area (Å²) in [5, 5.41) is 0. The zero-order valence-electron chi connectivity index (χ0n) is 9.26. The highest BCUT2D eigenvalue weighted by atomic mass is 79.9. The molecule has 1 aliphatic carbocycles. The molecule has 1 nitrogen and oxygen atoms in total. The average Bonchev–Trinajstić information content (AvgIpc) is 2.50. The summed E-state index contributed by atoms with van der Waals surface area (Å²) >= 11 is 6.74. The van der Waals surface area contributed by atoms with Gasteiger partial charge in [0.15, 0.2) is 5.78 Å². The van der Waals surface area contributed by atoms with Gasteiger partial charge in [-0.25, -0.2) is 0 Å². The summed E-state index contributed by atoms with van der Waals surface area (Å²) in [6, 6.07) is 5.72. The summed E-state index contributed by atoms with van der Waals surface area (Å²) in [5.41, 5.74) is 3.13. The van der Waals surface area contributed by atoms with Crippen LogP contribution < -0.4 is 0 Å². The summed E-state index contributed by atoms with van der Waals surface area (Å²) < 4.78 is 1.92. The van der Waals surface area contributed by atoms with Crippen LogP contribution in [0.15, 0.2) is 51.5 Å². The first-order chi connectivity index (χ1) is 8.00. The van der Waals surface area contributed by atoms with Gasteiger partial charge in [-0.05, 0) is 34.7 Å². The molecule has 0 amide bonds. The third kappa shape index (κ3) is 2.35. The van der Waals surface area contributed by atoms with Crippen molar-refractivity contribution in [3.8, 4) is 0 Å². The topological polar surface area (TPSA) is 17.1 Å². The minimum Gasteiger partial charge on any atom is -0.289 e. The van der Waals surface area contributed by atoms with Crippen molar-refractivity contribution in [3.63, 3.8) is 0 Å². The molecule has 0 saturated heterocycles. The van der Waals surface area contributed by atoms with E-state index in [9.17, 15) is 4.79 Å². The van der Waals surface area contributed by atoms with E-state index in [1.165, 1.54) is 0 Å². The molecule has 1 aromatic carbocycles. The van der Waals surface area contributed by atoms with Crippen molar-refractivity contribution >= 4 is 43.2 Å². The molecule has 0 atom stereocenters. The molecule has 0 spiro atoms. The van der Waals surface area contributed by atoms with Crippen molar-refractivity contribution in [2.45, 2.75) is 6.92 Å². The Bertz CT molecular complexity index is 576. The van der Waals surface area contributed by atoms with Crippen LogP contribution in [-0.2, 0) is 0 Å². The second kappa shape index (κ2) is 4.75. The van der Waals surface area contributed by atoms with E-state index >= 15 is 0 Å². The van der Waals surface area contributed by atoms with Gasteiger partial charge in [-0.3, -0.25) is 4.79 Å². The van der Waals surface area contributed by atoms with Gasteiger partial charge in [0, 0.05) is 15.6 Å². The maximum atomic E-state index is 12.0. The van der Waals surface area contributed by atoms with Gasteiger partial charge in [0.2, 0.25) is 0 Å².